The Kier molecular flexibility index (Phi) is 4.30. The summed E-state index contributed by atoms with van der Waals surface area (Å²) < 4.78 is 4.70. The SMILES string of the molecule is c1cnc2ccc(-n3c4ccccc4c4c5c6ccccc6n(-c6ccc7ccccc7n6)c5ccc43)cc2c1. The highest BCUT2D eigenvalue weighted by Gasteiger charge is 2.20. The molecule has 4 aromatic heterocycles. The van der Waals surface area contributed by atoms with Gasteiger partial charge in [-0.1, -0.05) is 60.7 Å². The molecule has 0 saturated heterocycles. The Labute approximate surface area is 229 Å². The number of hydrogen-bond acceptors (Lipinski definition) is 2. The fourth-order valence-electron chi connectivity index (χ4n) is 6.43. The maximum absolute atomic E-state index is 5.09. The monoisotopic (exact) mass is 510 g/mol. The van der Waals surface area contributed by atoms with Crippen molar-refractivity contribution in [1.82, 2.24) is 19.1 Å². The molecule has 0 aliphatic rings. The zero-order chi connectivity index (χ0) is 26.2. The minimum absolute atomic E-state index is 0.926. The van der Waals surface area contributed by atoms with Gasteiger partial charge in [0.25, 0.3) is 0 Å². The Morgan fingerprint density at radius 2 is 1.12 bits per heavy atom. The lowest BCUT2D eigenvalue weighted by molar-refractivity contribution is 1.10. The van der Waals surface area contributed by atoms with E-state index in [4.69, 9.17) is 4.98 Å². The lowest BCUT2D eigenvalue weighted by Gasteiger charge is -2.10. The topological polar surface area (TPSA) is 35.6 Å². The Morgan fingerprint density at radius 1 is 0.450 bits per heavy atom. The van der Waals surface area contributed by atoms with Crippen molar-refractivity contribution in [3.63, 3.8) is 0 Å². The van der Waals surface area contributed by atoms with Crippen LogP contribution >= 0.6 is 0 Å². The van der Waals surface area contributed by atoms with E-state index in [1.807, 2.05) is 18.3 Å². The van der Waals surface area contributed by atoms with Crippen LogP contribution in [-0.4, -0.2) is 19.1 Å². The number of pyridine rings is 2. The number of aromatic nitrogens is 4. The molecule has 9 aromatic rings. The first kappa shape index (κ1) is 21.5. The highest BCUT2D eigenvalue weighted by Crippen LogP contribution is 2.42. The molecule has 5 aromatic carbocycles. The Hall–Kier alpha value is -5.48. The van der Waals surface area contributed by atoms with Crippen LogP contribution in [0.25, 0.3) is 76.9 Å². The maximum atomic E-state index is 5.09. The van der Waals surface area contributed by atoms with Gasteiger partial charge < -0.3 is 4.57 Å². The summed E-state index contributed by atoms with van der Waals surface area (Å²) in [5.74, 6) is 0.926. The molecule has 4 heterocycles. The highest BCUT2D eigenvalue weighted by atomic mass is 15.1. The summed E-state index contributed by atoms with van der Waals surface area (Å²) in [7, 11) is 0. The second kappa shape index (κ2) is 8.01. The van der Waals surface area contributed by atoms with Gasteiger partial charge in [0.1, 0.15) is 5.82 Å². The average molecular weight is 511 g/mol. The quantitative estimate of drug-likeness (QED) is 0.233. The third-order valence-corrected chi connectivity index (χ3v) is 8.13. The van der Waals surface area contributed by atoms with Crippen molar-refractivity contribution < 1.29 is 0 Å². The van der Waals surface area contributed by atoms with Gasteiger partial charge in [0.15, 0.2) is 0 Å². The summed E-state index contributed by atoms with van der Waals surface area (Å²) in [6.07, 6.45) is 1.85. The first-order valence-electron chi connectivity index (χ1n) is 13.5. The van der Waals surface area contributed by atoms with Gasteiger partial charge in [0.2, 0.25) is 0 Å². The third-order valence-electron chi connectivity index (χ3n) is 8.13. The smallest absolute Gasteiger partial charge is 0.138 e. The van der Waals surface area contributed by atoms with Crippen molar-refractivity contribution in [1.29, 1.82) is 0 Å². The van der Waals surface area contributed by atoms with Gasteiger partial charge in [0, 0.05) is 44.2 Å². The van der Waals surface area contributed by atoms with Crippen molar-refractivity contribution in [2.45, 2.75) is 0 Å². The van der Waals surface area contributed by atoms with Gasteiger partial charge in [-0.15, -0.1) is 0 Å². The molecule has 4 heteroatoms. The highest BCUT2D eigenvalue weighted by molar-refractivity contribution is 6.28. The van der Waals surface area contributed by atoms with E-state index in [0.29, 0.717) is 0 Å². The molecule has 9 rings (SSSR count). The van der Waals surface area contributed by atoms with Gasteiger partial charge in [0.05, 0.1) is 33.1 Å². The summed E-state index contributed by atoms with van der Waals surface area (Å²) in [5.41, 5.74) is 7.81. The van der Waals surface area contributed by atoms with E-state index < -0.39 is 0 Å². The molecule has 40 heavy (non-hydrogen) atoms. The third kappa shape index (κ3) is 2.90. The van der Waals surface area contributed by atoms with E-state index in [-0.39, 0.29) is 0 Å². The first-order chi connectivity index (χ1) is 19.8. The van der Waals surface area contributed by atoms with E-state index >= 15 is 0 Å². The van der Waals surface area contributed by atoms with E-state index in [9.17, 15) is 0 Å². The number of rotatable bonds is 2. The van der Waals surface area contributed by atoms with Crippen molar-refractivity contribution in [3.8, 4) is 11.5 Å². The Bertz CT molecular complexity index is 2270. The Morgan fingerprint density at radius 3 is 1.95 bits per heavy atom. The van der Waals surface area contributed by atoms with E-state index in [1.165, 1.54) is 32.6 Å². The molecule has 0 aliphatic heterocycles. The van der Waals surface area contributed by atoms with Crippen LogP contribution in [0.5, 0.6) is 0 Å². The molecule has 0 unspecified atom stereocenters. The minimum atomic E-state index is 0.926. The summed E-state index contributed by atoms with van der Waals surface area (Å²) in [6.45, 7) is 0. The van der Waals surface area contributed by atoms with Gasteiger partial charge in [-0.3, -0.25) is 9.55 Å². The average Bonchev–Trinajstić information content (AvgIpc) is 3.53. The second-order valence-corrected chi connectivity index (χ2v) is 10.3. The molecule has 0 aliphatic carbocycles. The van der Waals surface area contributed by atoms with Gasteiger partial charge >= 0.3 is 0 Å². The molecular formula is C36H22N4. The molecule has 186 valence electrons. The molecule has 0 radical (unpaired) electrons. The number of hydrogen-bond donors (Lipinski definition) is 0. The fraction of sp³-hybridized carbons (Fsp3) is 0. The molecule has 0 saturated carbocycles. The predicted molar refractivity (Wildman–Crippen MR) is 166 cm³/mol. The maximum Gasteiger partial charge on any atom is 0.138 e. The molecule has 4 nitrogen and oxygen atoms in total. The van der Waals surface area contributed by atoms with Gasteiger partial charge in [-0.2, -0.15) is 0 Å². The molecular weight excluding hydrogens is 488 g/mol. The van der Waals surface area contributed by atoms with Gasteiger partial charge in [-0.05, 0) is 66.7 Å². The molecule has 0 spiro atoms. The number of benzene rings is 5. The Balaban J connectivity index is 1.43. The lowest BCUT2D eigenvalue weighted by atomic mass is 10.1. The number of nitrogens with zero attached hydrogens (tertiary/aromatic N) is 4. The van der Waals surface area contributed by atoms with Crippen LogP contribution in [0.2, 0.25) is 0 Å². The number of fused-ring (bicyclic) bond motifs is 9. The second-order valence-electron chi connectivity index (χ2n) is 10.3. The van der Waals surface area contributed by atoms with Crippen LogP contribution in [0.1, 0.15) is 0 Å². The van der Waals surface area contributed by atoms with E-state index in [0.717, 1.165) is 44.3 Å². The summed E-state index contributed by atoms with van der Waals surface area (Å²) in [4.78, 5) is 9.63. The molecule has 0 bridgehead atoms. The molecule has 0 atom stereocenters. The molecule has 0 fully saturated rings. The van der Waals surface area contributed by atoms with Crippen LogP contribution in [0.3, 0.4) is 0 Å². The summed E-state index contributed by atoms with van der Waals surface area (Å²) in [5, 5.41) is 7.25. The van der Waals surface area contributed by atoms with Crippen molar-refractivity contribution >= 4 is 65.4 Å². The predicted octanol–water partition coefficient (Wildman–Crippen LogP) is 8.98. The fourth-order valence-corrected chi connectivity index (χ4v) is 6.43. The summed E-state index contributed by atoms with van der Waals surface area (Å²) >= 11 is 0. The first-order valence-corrected chi connectivity index (χ1v) is 13.5. The van der Waals surface area contributed by atoms with E-state index in [2.05, 4.69) is 129 Å². The van der Waals surface area contributed by atoms with Crippen LogP contribution in [0.4, 0.5) is 0 Å². The minimum Gasteiger partial charge on any atom is -0.309 e. The zero-order valence-electron chi connectivity index (χ0n) is 21.5. The van der Waals surface area contributed by atoms with Crippen LogP contribution < -0.4 is 0 Å². The van der Waals surface area contributed by atoms with E-state index in [1.54, 1.807) is 0 Å². The van der Waals surface area contributed by atoms with Crippen molar-refractivity contribution in [2.75, 3.05) is 0 Å². The van der Waals surface area contributed by atoms with Crippen molar-refractivity contribution in [3.05, 3.63) is 134 Å². The number of para-hydroxylation sites is 3. The van der Waals surface area contributed by atoms with Crippen molar-refractivity contribution in [2.24, 2.45) is 0 Å². The summed E-state index contributed by atoms with van der Waals surface area (Å²) in [6, 6.07) is 45.2. The standard InChI is InChI=1S/C36H22N4/c1-4-12-29-23(8-1)15-20-34(38-29)40-31-14-6-3-11-27(31)36-33(40)19-18-32-35(36)26-10-2-5-13-30(26)39(32)25-16-17-28-24(22-25)9-7-21-37-28/h1-22H. The molecule has 0 N–H and O–H groups in total. The largest absolute Gasteiger partial charge is 0.309 e. The normalized spacial score (nSPS) is 12.0. The lowest BCUT2D eigenvalue weighted by Crippen LogP contribution is -1.97. The molecule has 0 amide bonds. The van der Waals surface area contributed by atoms with Crippen LogP contribution in [0.15, 0.2) is 134 Å². The van der Waals surface area contributed by atoms with Gasteiger partial charge in [-0.25, -0.2) is 4.98 Å². The van der Waals surface area contributed by atoms with Crippen LogP contribution in [0, 0.1) is 0 Å². The zero-order valence-corrected chi connectivity index (χ0v) is 21.5. The van der Waals surface area contributed by atoms with Crippen LogP contribution in [-0.2, 0) is 0 Å².